The van der Waals surface area contributed by atoms with Crippen LogP contribution in [-0.2, 0) is 17.8 Å². The Bertz CT molecular complexity index is 698. The quantitative estimate of drug-likeness (QED) is 0.707. The summed E-state index contributed by atoms with van der Waals surface area (Å²) in [6, 6.07) is 1.82. The number of imidazole rings is 1. The van der Waals surface area contributed by atoms with Crippen LogP contribution in [-0.4, -0.2) is 40.4 Å². The van der Waals surface area contributed by atoms with Crippen molar-refractivity contribution in [2.24, 2.45) is 0 Å². The van der Waals surface area contributed by atoms with Gasteiger partial charge in [0.2, 0.25) is 5.78 Å². The van der Waals surface area contributed by atoms with Crippen LogP contribution in [0.5, 0.6) is 0 Å². The van der Waals surface area contributed by atoms with E-state index in [9.17, 15) is 4.79 Å². The molecule has 0 fully saturated rings. The zero-order valence-electron chi connectivity index (χ0n) is 9.84. The Hall–Kier alpha value is -2.77. The number of nitrogens with zero attached hydrogens (tertiary/aromatic N) is 6. The lowest BCUT2D eigenvalue weighted by Crippen LogP contribution is -2.01. The molecule has 3 heterocycles. The summed E-state index contributed by atoms with van der Waals surface area (Å²) in [5, 5.41) is 16.3. The van der Waals surface area contributed by atoms with Gasteiger partial charge in [0.15, 0.2) is 0 Å². The summed E-state index contributed by atoms with van der Waals surface area (Å²) in [7, 11) is 0. The highest BCUT2D eigenvalue weighted by atomic mass is 16.4. The Labute approximate surface area is 107 Å². The van der Waals surface area contributed by atoms with Gasteiger partial charge in [0.25, 0.3) is 0 Å². The number of hydrogen-bond acceptors (Lipinski definition) is 5. The van der Waals surface area contributed by atoms with Crippen molar-refractivity contribution >= 4 is 11.7 Å². The Morgan fingerprint density at radius 2 is 2.21 bits per heavy atom. The minimum atomic E-state index is -0.927. The molecule has 3 rings (SSSR count). The first kappa shape index (κ1) is 11.3. The SMILES string of the molecule is O=C(O)Cc1cn(Cc2cn3cccnc3n2)nn1. The number of aliphatic carboxylic acids is 1. The van der Waals surface area contributed by atoms with E-state index in [0.717, 1.165) is 5.69 Å². The lowest BCUT2D eigenvalue weighted by atomic mass is 10.3. The first-order valence-electron chi connectivity index (χ1n) is 5.60. The monoisotopic (exact) mass is 258 g/mol. The van der Waals surface area contributed by atoms with E-state index in [1.807, 2.05) is 22.9 Å². The average molecular weight is 258 g/mol. The van der Waals surface area contributed by atoms with Crippen LogP contribution >= 0.6 is 0 Å². The number of aromatic nitrogens is 6. The third-order valence-electron chi connectivity index (χ3n) is 2.53. The first-order valence-corrected chi connectivity index (χ1v) is 5.60. The fourth-order valence-corrected chi connectivity index (χ4v) is 1.77. The zero-order valence-corrected chi connectivity index (χ0v) is 9.84. The summed E-state index contributed by atoms with van der Waals surface area (Å²) in [4.78, 5) is 19.0. The maximum absolute atomic E-state index is 10.6. The van der Waals surface area contributed by atoms with Gasteiger partial charge in [-0.2, -0.15) is 0 Å². The largest absolute Gasteiger partial charge is 0.481 e. The van der Waals surface area contributed by atoms with Crippen molar-refractivity contribution in [1.29, 1.82) is 0 Å². The van der Waals surface area contributed by atoms with Crippen LogP contribution in [0.3, 0.4) is 0 Å². The van der Waals surface area contributed by atoms with E-state index < -0.39 is 5.97 Å². The molecule has 0 aromatic carbocycles. The van der Waals surface area contributed by atoms with Gasteiger partial charge in [-0.05, 0) is 6.07 Å². The lowest BCUT2D eigenvalue weighted by Gasteiger charge is -1.93. The minimum Gasteiger partial charge on any atom is -0.481 e. The summed E-state index contributed by atoms with van der Waals surface area (Å²) in [5.74, 6) is -0.313. The Morgan fingerprint density at radius 1 is 1.32 bits per heavy atom. The average Bonchev–Trinajstić information content (AvgIpc) is 2.94. The molecule has 0 unspecified atom stereocenters. The van der Waals surface area contributed by atoms with Gasteiger partial charge in [-0.15, -0.1) is 5.10 Å². The van der Waals surface area contributed by atoms with E-state index in [-0.39, 0.29) is 6.42 Å². The van der Waals surface area contributed by atoms with Gasteiger partial charge >= 0.3 is 5.97 Å². The minimum absolute atomic E-state index is 0.132. The lowest BCUT2D eigenvalue weighted by molar-refractivity contribution is -0.136. The van der Waals surface area contributed by atoms with Crippen molar-refractivity contribution in [2.45, 2.75) is 13.0 Å². The van der Waals surface area contributed by atoms with Crippen molar-refractivity contribution in [3.63, 3.8) is 0 Å². The topological polar surface area (TPSA) is 98.2 Å². The molecule has 0 radical (unpaired) electrons. The molecule has 0 spiro atoms. The predicted octanol–water partition coefficient (Wildman–Crippen LogP) is -0.00380. The van der Waals surface area contributed by atoms with Gasteiger partial charge < -0.3 is 5.11 Å². The van der Waals surface area contributed by atoms with Crippen LogP contribution < -0.4 is 0 Å². The van der Waals surface area contributed by atoms with Crippen LogP contribution in [0.15, 0.2) is 30.9 Å². The highest BCUT2D eigenvalue weighted by Crippen LogP contribution is 2.04. The molecule has 0 atom stereocenters. The van der Waals surface area contributed by atoms with E-state index >= 15 is 0 Å². The molecule has 0 aliphatic heterocycles. The Balaban J connectivity index is 1.80. The number of carbonyl (C=O) groups is 1. The maximum Gasteiger partial charge on any atom is 0.309 e. The summed E-state index contributed by atoms with van der Waals surface area (Å²) in [5.41, 5.74) is 1.21. The highest BCUT2D eigenvalue weighted by Gasteiger charge is 2.07. The molecule has 0 amide bonds. The molecule has 0 aliphatic rings. The smallest absolute Gasteiger partial charge is 0.309 e. The van der Waals surface area contributed by atoms with E-state index in [2.05, 4.69) is 20.3 Å². The Morgan fingerprint density at radius 3 is 3.00 bits per heavy atom. The number of hydrogen-bond donors (Lipinski definition) is 1. The fourth-order valence-electron chi connectivity index (χ4n) is 1.77. The third kappa shape index (κ3) is 2.41. The molecule has 1 N–H and O–H groups in total. The molecule has 19 heavy (non-hydrogen) atoms. The maximum atomic E-state index is 10.6. The second kappa shape index (κ2) is 4.48. The van der Waals surface area contributed by atoms with Crippen molar-refractivity contribution in [1.82, 2.24) is 29.4 Å². The molecule has 3 aromatic heterocycles. The van der Waals surface area contributed by atoms with Gasteiger partial charge in [-0.1, -0.05) is 5.21 Å². The van der Waals surface area contributed by atoms with Crippen LogP contribution in [0.25, 0.3) is 5.78 Å². The number of carboxylic acid groups (broad SMARTS) is 1. The molecular formula is C11H10N6O2. The van der Waals surface area contributed by atoms with Crippen LogP contribution in [0.4, 0.5) is 0 Å². The second-order valence-electron chi connectivity index (χ2n) is 4.04. The predicted molar refractivity (Wildman–Crippen MR) is 63.5 cm³/mol. The highest BCUT2D eigenvalue weighted by molar-refractivity contribution is 5.69. The number of carboxylic acids is 1. The second-order valence-corrected chi connectivity index (χ2v) is 4.04. The van der Waals surface area contributed by atoms with Crippen LogP contribution in [0, 0.1) is 0 Å². The van der Waals surface area contributed by atoms with Crippen LogP contribution in [0.2, 0.25) is 0 Å². The molecule has 0 aliphatic carbocycles. The number of rotatable bonds is 4. The molecule has 0 bridgehead atoms. The van der Waals surface area contributed by atoms with E-state index in [1.54, 1.807) is 17.1 Å². The molecule has 8 nitrogen and oxygen atoms in total. The zero-order chi connectivity index (χ0) is 13.2. The van der Waals surface area contributed by atoms with Crippen molar-refractivity contribution in [3.8, 4) is 0 Å². The molecule has 96 valence electrons. The summed E-state index contributed by atoms with van der Waals surface area (Å²) in [6.45, 7) is 0.427. The molecule has 3 aromatic rings. The van der Waals surface area contributed by atoms with E-state index in [4.69, 9.17) is 5.11 Å². The molecule has 0 saturated heterocycles. The standard InChI is InChI=1S/C11H10N6O2/c18-10(19)4-8-6-17(15-14-8)7-9-5-16-3-1-2-12-11(16)13-9/h1-3,5-6H,4,7H2,(H,18,19). The fraction of sp³-hybridized carbons (Fsp3) is 0.182. The molecule has 0 saturated carbocycles. The van der Waals surface area contributed by atoms with Crippen molar-refractivity contribution in [2.75, 3.05) is 0 Å². The van der Waals surface area contributed by atoms with Gasteiger partial charge in [-0.3, -0.25) is 9.20 Å². The van der Waals surface area contributed by atoms with Gasteiger partial charge in [0, 0.05) is 24.8 Å². The van der Waals surface area contributed by atoms with Gasteiger partial charge in [-0.25, -0.2) is 14.6 Å². The summed E-state index contributed by atoms with van der Waals surface area (Å²) < 4.78 is 3.37. The third-order valence-corrected chi connectivity index (χ3v) is 2.53. The summed E-state index contributed by atoms with van der Waals surface area (Å²) in [6.07, 6.45) is 6.85. The van der Waals surface area contributed by atoms with Crippen molar-refractivity contribution < 1.29 is 9.90 Å². The normalized spacial score (nSPS) is 10.9. The van der Waals surface area contributed by atoms with Gasteiger partial charge in [0.05, 0.1) is 24.4 Å². The molecule has 8 heteroatoms. The molecular weight excluding hydrogens is 248 g/mol. The summed E-state index contributed by atoms with van der Waals surface area (Å²) >= 11 is 0. The first-order chi connectivity index (χ1) is 9.20. The Kier molecular flexibility index (Phi) is 2.67. The van der Waals surface area contributed by atoms with E-state index in [0.29, 0.717) is 18.0 Å². The van der Waals surface area contributed by atoms with Crippen LogP contribution in [0.1, 0.15) is 11.4 Å². The number of fused-ring (bicyclic) bond motifs is 1. The van der Waals surface area contributed by atoms with E-state index in [1.165, 1.54) is 0 Å². The van der Waals surface area contributed by atoms with Gasteiger partial charge in [0.1, 0.15) is 0 Å². The van der Waals surface area contributed by atoms with Crippen molar-refractivity contribution in [3.05, 3.63) is 42.2 Å².